The Balaban J connectivity index is 1.99. The van der Waals surface area contributed by atoms with Gasteiger partial charge in [0.15, 0.2) is 11.5 Å². The van der Waals surface area contributed by atoms with Crippen molar-refractivity contribution >= 4 is 17.0 Å². The van der Waals surface area contributed by atoms with E-state index in [2.05, 4.69) is 15.0 Å². The van der Waals surface area contributed by atoms with Gasteiger partial charge in [-0.25, -0.2) is 15.0 Å². The highest BCUT2D eigenvalue weighted by molar-refractivity contribution is 5.81. The van der Waals surface area contributed by atoms with Crippen molar-refractivity contribution in [2.75, 3.05) is 18.9 Å². The van der Waals surface area contributed by atoms with E-state index < -0.39 is 31.1 Å². The molecule has 0 aliphatic carbocycles. The first-order valence-electron chi connectivity index (χ1n) is 6.12. The number of nitrogens with two attached hydrogens (primary N) is 1. The average molecular weight is 281 g/mol. The zero-order valence-corrected chi connectivity index (χ0v) is 10.5. The van der Waals surface area contributed by atoms with E-state index in [1.807, 2.05) is 0 Å². The van der Waals surface area contributed by atoms with Crippen molar-refractivity contribution in [1.29, 1.82) is 0 Å². The molecule has 0 radical (unpaired) electrons. The second-order valence-electron chi connectivity index (χ2n) is 4.79. The fourth-order valence-corrected chi connectivity index (χ4v) is 2.39. The number of rotatable bonds is 3. The number of nitrogens with zero attached hydrogens (tertiary/aromatic N) is 4. The Bertz CT molecular complexity index is 626. The second kappa shape index (κ2) is 4.63. The molecule has 0 spiro atoms. The zero-order chi connectivity index (χ0) is 14.3. The molecule has 9 nitrogen and oxygen atoms in total. The Morgan fingerprint density at radius 3 is 2.75 bits per heavy atom. The maximum atomic E-state index is 10.00. The summed E-state index contributed by atoms with van der Waals surface area (Å²) in [6.45, 7) is -0.962. The summed E-state index contributed by atoms with van der Waals surface area (Å²) in [5.41, 5.74) is 5.24. The van der Waals surface area contributed by atoms with E-state index in [1.165, 1.54) is 12.7 Å². The van der Waals surface area contributed by atoms with Crippen LogP contribution in [0.25, 0.3) is 11.2 Å². The van der Waals surface area contributed by atoms with Crippen molar-refractivity contribution in [3.05, 3.63) is 12.7 Å². The molecule has 1 fully saturated rings. The Hall–Kier alpha value is -1.81. The van der Waals surface area contributed by atoms with Crippen molar-refractivity contribution in [2.45, 2.75) is 24.4 Å². The number of hydrogen-bond donors (Lipinski definition) is 4. The van der Waals surface area contributed by atoms with Crippen molar-refractivity contribution in [3.8, 4) is 0 Å². The van der Waals surface area contributed by atoms with Crippen molar-refractivity contribution < 1.29 is 20.1 Å². The number of hydrogen-bond acceptors (Lipinski definition) is 8. The predicted molar refractivity (Wildman–Crippen MR) is 67.4 cm³/mol. The summed E-state index contributed by atoms with van der Waals surface area (Å²) in [7, 11) is 0. The number of anilines is 1. The third-order valence-electron chi connectivity index (χ3n) is 3.64. The molecule has 108 valence electrons. The molecule has 0 aromatic carbocycles. The molecule has 3 rings (SSSR count). The predicted octanol–water partition coefficient (Wildman–Crippen LogP) is -1.59. The first-order valence-corrected chi connectivity index (χ1v) is 6.12. The van der Waals surface area contributed by atoms with E-state index in [0.29, 0.717) is 11.2 Å². The molecule has 2 aromatic heterocycles. The summed E-state index contributed by atoms with van der Waals surface area (Å²) in [5.74, 6) is 0.253. The molecule has 0 amide bonds. The molecule has 0 saturated carbocycles. The van der Waals surface area contributed by atoms with Gasteiger partial charge in [-0.05, 0) is 0 Å². The molecule has 0 bridgehead atoms. The Labute approximate surface area is 113 Å². The summed E-state index contributed by atoms with van der Waals surface area (Å²) >= 11 is 0. The summed E-state index contributed by atoms with van der Waals surface area (Å²) in [6.07, 6.45) is 1.42. The van der Waals surface area contributed by atoms with Crippen LogP contribution >= 0.6 is 0 Å². The SMILES string of the molecule is Nc1ncnc2c1ncn2C1CC(O)C(CO)(CO)O1. The smallest absolute Gasteiger partial charge is 0.167 e. The third kappa shape index (κ3) is 1.75. The quantitative estimate of drug-likeness (QED) is 0.528. The molecule has 1 aliphatic rings. The largest absolute Gasteiger partial charge is 0.393 e. The van der Waals surface area contributed by atoms with Gasteiger partial charge in [0, 0.05) is 6.42 Å². The molecular formula is C11H15N5O4. The van der Waals surface area contributed by atoms with Crippen LogP contribution in [0.15, 0.2) is 12.7 Å². The van der Waals surface area contributed by atoms with Gasteiger partial charge in [0.2, 0.25) is 0 Å². The Morgan fingerprint density at radius 2 is 2.10 bits per heavy atom. The van der Waals surface area contributed by atoms with Gasteiger partial charge < -0.3 is 25.8 Å². The monoisotopic (exact) mass is 281 g/mol. The minimum atomic E-state index is -1.38. The summed E-state index contributed by atoms with van der Waals surface area (Å²) in [5, 5.41) is 28.7. The van der Waals surface area contributed by atoms with Crippen LogP contribution in [-0.2, 0) is 4.74 Å². The van der Waals surface area contributed by atoms with Crippen LogP contribution in [0.4, 0.5) is 5.82 Å². The molecule has 20 heavy (non-hydrogen) atoms. The van der Waals surface area contributed by atoms with Gasteiger partial charge in [-0.1, -0.05) is 0 Å². The van der Waals surface area contributed by atoms with Crippen LogP contribution in [0.3, 0.4) is 0 Å². The molecule has 2 aromatic rings. The summed E-state index contributed by atoms with van der Waals surface area (Å²) < 4.78 is 7.22. The van der Waals surface area contributed by atoms with Gasteiger partial charge >= 0.3 is 0 Å². The second-order valence-corrected chi connectivity index (χ2v) is 4.79. The van der Waals surface area contributed by atoms with E-state index in [9.17, 15) is 15.3 Å². The highest BCUT2D eigenvalue weighted by Gasteiger charge is 2.48. The van der Waals surface area contributed by atoms with E-state index in [4.69, 9.17) is 10.5 Å². The number of nitrogen functional groups attached to an aromatic ring is 1. The fourth-order valence-electron chi connectivity index (χ4n) is 2.39. The summed E-state index contributed by atoms with van der Waals surface area (Å²) in [4.78, 5) is 12.1. The van der Waals surface area contributed by atoms with Gasteiger partial charge in [-0.3, -0.25) is 4.57 Å². The molecular weight excluding hydrogens is 266 g/mol. The third-order valence-corrected chi connectivity index (χ3v) is 3.64. The number of aliphatic hydroxyl groups is 3. The molecule has 5 N–H and O–H groups in total. The van der Waals surface area contributed by atoms with E-state index in [0.717, 1.165) is 0 Å². The van der Waals surface area contributed by atoms with E-state index >= 15 is 0 Å². The molecule has 2 atom stereocenters. The number of ether oxygens (including phenoxy) is 1. The van der Waals surface area contributed by atoms with Crippen LogP contribution in [0, 0.1) is 0 Å². The fraction of sp³-hybridized carbons (Fsp3) is 0.545. The highest BCUT2D eigenvalue weighted by Crippen LogP contribution is 2.37. The van der Waals surface area contributed by atoms with Gasteiger partial charge in [-0.2, -0.15) is 0 Å². The Kier molecular flexibility index (Phi) is 3.05. The molecule has 2 unspecified atom stereocenters. The zero-order valence-electron chi connectivity index (χ0n) is 10.5. The van der Waals surface area contributed by atoms with E-state index in [1.54, 1.807) is 4.57 Å². The van der Waals surface area contributed by atoms with Crippen molar-refractivity contribution in [3.63, 3.8) is 0 Å². The highest BCUT2D eigenvalue weighted by atomic mass is 16.6. The average Bonchev–Trinajstić information content (AvgIpc) is 3.01. The number of aromatic nitrogens is 4. The lowest BCUT2D eigenvalue weighted by Crippen LogP contribution is -2.46. The van der Waals surface area contributed by atoms with Gasteiger partial charge in [0.1, 0.15) is 23.7 Å². The van der Waals surface area contributed by atoms with Crippen molar-refractivity contribution in [2.24, 2.45) is 0 Å². The lowest BCUT2D eigenvalue weighted by atomic mass is 9.99. The Morgan fingerprint density at radius 1 is 1.35 bits per heavy atom. The maximum absolute atomic E-state index is 10.00. The van der Waals surface area contributed by atoms with Crippen LogP contribution in [-0.4, -0.2) is 59.8 Å². The first kappa shape index (κ1) is 13.2. The van der Waals surface area contributed by atoms with Crippen LogP contribution < -0.4 is 5.73 Å². The minimum absolute atomic E-state index is 0.205. The molecule has 1 aliphatic heterocycles. The standard InChI is InChI=1S/C11H15N5O4/c12-9-8-10(14-4-13-9)16(5-15-8)7-1-6(19)11(2-17,3-18)20-7/h4-7,17-19H,1-3H2,(H2,12,13,14). The van der Waals surface area contributed by atoms with E-state index in [-0.39, 0.29) is 12.2 Å². The normalized spacial score (nSPS) is 25.4. The molecule has 1 saturated heterocycles. The summed E-state index contributed by atoms with van der Waals surface area (Å²) in [6, 6.07) is 0. The van der Waals surface area contributed by atoms with Gasteiger partial charge in [0.05, 0.1) is 25.6 Å². The number of fused-ring (bicyclic) bond motifs is 1. The number of aliphatic hydroxyl groups excluding tert-OH is 3. The van der Waals surface area contributed by atoms with Crippen molar-refractivity contribution in [1.82, 2.24) is 19.5 Å². The first-order chi connectivity index (χ1) is 9.61. The van der Waals surface area contributed by atoms with Crippen LogP contribution in [0.1, 0.15) is 12.6 Å². The minimum Gasteiger partial charge on any atom is -0.393 e. The van der Waals surface area contributed by atoms with Crippen LogP contribution in [0.2, 0.25) is 0 Å². The maximum Gasteiger partial charge on any atom is 0.167 e. The van der Waals surface area contributed by atoms with Gasteiger partial charge in [-0.15, -0.1) is 0 Å². The van der Waals surface area contributed by atoms with Gasteiger partial charge in [0.25, 0.3) is 0 Å². The molecule has 9 heteroatoms. The lowest BCUT2D eigenvalue weighted by molar-refractivity contribution is -0.148. The van der Waals surface area contributed by atoms with Crippen LogP contribution in [0.5, 0.6) is 0 Å². The topological polar surface area (TPSA) is 140 Å². The molecule has 3 heterocycles. The lowest BCUT2D eigenvalue weighted by Gasteiger charge is -2.27. The number of imidazole rings is 1.